The van der Waals surface area contributed by atoms with Gasteiger partial charge in [0, 0.05) is 16.1 Å². The number of alkyl halides is 3. The van der Waals surface area contributed by atoms with E-state index in [0.717, 1.165) is 13.0 Å². The van der Waals surface area contributed by atoms with E-state index in [1.165, 1.54) is 12.1 Å². The van der Waals surface area contributed by atoms with Crippen molar-refractivity contribution in [1.82, 2.24) is 10.2 Å². The molecule has 22 heavy (non-hydrogen) atoms. The van der Waals surface area contributed by atoms with Crippen LogP contribution in [0.3, 0.4) is 0 Å². The molecule has 1 aromatic heterocycles. The number of carbonyl (C=O) groups is 1. The largest absolute Gasteiger partial charge is 0.433 e. The first-order chi connectivity index (χ1) is 10.2. The molecule has 2 aromatic rings. The maximum absolute atomic E-state index is 13.6. The first kappa shape index (κ1) is 16.3. The third-order valence-electron chi connectivity index (χ3n) is 2.95. The summed E-state index contributed by atoms with van der Waals surface area (Å²) in [6, 6.07) is 3.93. The second kappa shape index (κ2) is 5.96. The molecule has 1 amide bonds. The van der Waals surface area contributed by atoms with Crippen LogP contribution >= 0.6 is 11.6 Å². The molecule has 118 valence electrons. The molecule has 0 radical (unpaired) electrons. The van der Waals surface area contributed by atoms with Crippen molar-refractivity contribution in [3.05, 3.63) is 45.9 Å². The summed E-state index contributed by atoms with van der Waals surface area (Å²) in [4.78, 5) is 11.8. The number of benzene rings is 1. The van der Waals surface area contributed by atoms with Crippen molar-refractivity contribution in [2.75, 3.05) is 5.32 Å². The predicted octanol–water partition coefficient (Wildman–Crippen LogP) is 3.71. The molecule has 2 rings (SSSR count). The monoisotopic (exact) mass is 335 g/mol. The van der Waals surface area contributed by atoms with Crippen molar-refractivity contribution < 1.29 is 22.4 Å². The van der Waals surface area contributed by atoms with Crippen molar-refractivity contribution in [2.45, 2.75) is 19.5 Å². The zero-order valence-electron chi connectivity index (χ0n) is 11.2. The van der Waals surface area contributed by atoms with Crippen LogP contribution in [0.25, 0.3) is 0 Å². The minimum atomic E-state index is -4.60. The number of nitrogens with zero attached hydrogens (tertiary/aromatic N) is 1. The van der Waals surface area contributed by atoms with Gasteiger partial charge < -0.3 is 5.32 Å². The van der Waals surface area contributed by atoms with Crippen LogP contribution in [0.4, 0.5) is 23.4 Å². The van der Waals surface area contributed by atoms with Crippen molar-refractivity contribution in [3.8, 4) is 0 Å². The van der Waals surface area contributed by atoms with Crippen LogP contribution in [0, 0.1) is 12.7 Å². The summed E-state index contributed by atoms with van der Waals surface area (Å²) >= 11 is 5.78. The van der Waals surface area contributed by atoms with Crippen LogP contribution in [-0.4, -0.2) is 16.1 Å². The lowest BCUT2D eigenvalue weighted by Gasteiger charge is -2.07. The number of hydrogen-bond donors (Lipinski definition) is 2. The number of H-pyrrole nitrogens is 1. The Labute approximate surface area is 127 Å². The molecule has 0 aliphatic carbocycles. The molecular formula is C13H10ClF4N3O. The van der Waals surface area contributed by atoms with E-state index in [-0.39, 0.29) is 22.0 Å². The van der Waals surface area contributed by atoms with Crippen LogP contribution < -0.4 is 5.32 Å². The van der Waals surface area contributed by atoms with Crippen LogP contribution in [0.2, 0.25) is 5.02 Å². The number of anilines is 1. The van der Waals surface area contributed by atoms with Crippen molar-refractivity contribution in [2.24, 2.45) is 0 Å². The fraction of sp³-hybridized carbons (Fsp3) is 0.231. The molecule has 0 aliphatic rings. The number of amides is 1. The zero-order valence-corrected chi connectivity index (χ0v) is 11.9. The maximum atomic E-state index is 13.6. The molecule has 1 heterocycles. The molecule has 9 heteroatoms. The Bertz CT molecular complexity index is 692. The van der Waals surface area contributed by atoms with Crippen molar-refractivity contribution in [3.63, 3.8) is 0 Å². The van der Waals surface area contributed by atoms with E-state index in [2.05, 4.69) is 10.4 Å². The Kier molecular flexibility index (Phi) is 4.41. The third kappa shape index (κ3) is 3.38. The highest BCUT2D eigenvalue weighted by Gasteiger charge is 2.36. The van der Waals surface area contributed by atoms with Crippen LogP contribution in [0.15, 0.2) is 18.2 Å². The molecule has 0 unspecified atom stereocenters. The molecule has 0 aliphatic heterocycles. The summed E-state index contributed by atoms with van der Waals surface area (Å²) in [5, 5.41) is 7.48. The fourth-order valence-corrected chi connectivity index (χ4v) is 2.06. The van der Waals surface area contributed by atoms with Gasteiger partial charge in [0.15, 0.2) is 5.82 Å². The van der Waals surface area contributed by atoms with E-state index < -0.39 is 30.0 Å². The van der Waals surface area contributed by atoms with E-state index in [0.29, 0.717) is 0 Å². The van der Waals surface area contributed by atoms with Gasteiger partial charge in [-0.05, 0) is 19.1 Å². The number of carbonyl (C=O) groups excluding carboxylic acids is 1. The molecule has 0 saturated heterocycles. The minimum Gasteiger partial charge on any atom is -0.309 e. The van der Waals surface area contributed by atoms with Gasteiger partial charge in [-0.2, -0.15) is 18.3 Å². The minimum absolute atomic E-state index is 0.0362. The Balaban J connectivity index is 2.15. The first-order valence-electron chi connectivity index (χ1n) is 6.05. The quantitative estimate of drug-likeness (QED) is 0.840. The van der Waals surface area contributed by atoms with Gasteiger partial charge in [-0.3, -0.25) is 9.89 Å². The van der Waals surface area contributed by atoms with Gasteiger partial charge in [0.2, 0.25) is 5.91 Å². The lowest BCUT2D eigenvalue weighted by Crippen LogP contribution is -2.16. The lowest BCUT2D eigenvalue weighted by atomic mass is 10.1. The van der Waals surface area contributed by atoms with Crippen LogP contribution in [0.1, 0.15) is 16.8 Å². The summed E-state index contributed by atoms with van der Waals surface area (Å²) in [6.45, 7) is 1.16. The summed E-state index contributed by atoms with van der Waals surface area (Å²) < 4.78 is 51.4. The average Bonchev–Trinajstić information content (AvgIpc) is 2.75. The van der Waals surface area contributed by atoms with Gasteiger partial charge >= 0.3 is 6.18 Å². The number of aromatic nitrogens is 2. The first-order valence-corrected chi connectivity index (χ1v) is 6.43. The second-order valence-electron chi connectivity index (χ2n) is 4.50. The van der Waals surface area contributed by atoms with E-state index in [9.17, 15) is 22.4 Å². The Morgan fingerprint density at radius 2 is 2.09 bits per heavy atom. The number of hydrogen-bond acceptors (Lipinski definition) is 2. The zero-order chi connectivity index (χ0) is 16.5. The maximum Gasteiger partial charge on any atom is 0.433 e. The highest BCUT2D eigenvalue weighted by atomic mass is 35.5. The summed E-state index contributed by atoms with van der Waals surface area (Å²) in [6.07, 6.45) is -5.02. The highest BCUT2D eigenvalue weighted by molar-refractivity contribution is 6.31. The average molecular weight is 336 g/mol. The van der Waals surface area contributed by atoms with Gasteiger partial charge in [0.1, 0.15) is 11.5 Å². The highest BCUT2D eigenvalue weighted by Crippen LogP contribution is 2.32. The second-order valence-corrected chi connectivity index (χ2v) is 4.90. The van der Waals surface area contributed by atoms with E-state index >= 15 is 0 Å². The van der Waals surface area contributed by atoms with Crippen molar-refractivity contribution >= 4 is 23.3 Å². The summed E-state index contributed by atoms with van der Waals surface area (Å²) in [5.41, 5.74) is -1.34. The standard InChI is InChI=1S/C13H10ClF4N3O/c1-6-11(13(16,17)18)20-21-12(6)19-10(22)5-7-8(14)3-2-4-9(7)15/h2-4H,5H2,1H3,(H2,19,20,21,22). The Morgan fingerprint density at radius 3 is 2.64 bits per heavy atom. The molecule has 0 atom stereocenters. The fourth-order valence-electron chi connectivity index (χ4n) is 1.83. The smallest absolute Gasteiger partial charge is 0.309 e. The van der Waals surface area contributed by atoms with E-state index in [4.69, 9.17) is 11.6 Å². The lowest BCUT2D eigenvalue weighted by molar-refractivity contribution is -0.141. The molecular weight excluding hydrogens is 326 g/mol. The summed E-state index contributed by atoms with van der Waals surface area (Å²) in [7, 11) is 0. The molecule has 4 nitrogen and oxygen atoms in total. The number of rotatable bonds is 3. The third-order valence-corrected chi connectivity index (χ3v) is 3.30. The van der Waals surface area contributed by atoms with Crippen LogP contribution in [-0.2, 0) is 17.4 Å². The topological polar surface area (TPSA) is 57.8 Å². The number of nitrogens with one attached hydrogen (secondary N) is 2. The van der Waals surface area contributed by atoms with Gasteiger partial charge in [-0.15, -0.1) is 0 Å². The van der Waals surface area contributed by atoms with Crippen molar-refractivity contribution in [1.29, 1.82) is 0 Å². The molecule has 0 fully saturated rings. The SMILES string of the molecule is Cc1c(NC(=O)Cc2c(F)cccc2Cl)n[nH]c1C(F)(F)F. The molecule has 2 N–H and O–H groups in total. The van der Waals surface area contributed by atoms with Gasteiger partial charge in [-0.1, -0.05) is 17.7 Å². The van der Waals surface area contributed by atoms with Gasteiger partial charge in [0.25, 0.3) is 0 Å². The Morgan fingerprint density at radius 1 is 1.41 bits per heavy atom. The Hall–Kier alpha value is -2.09. The molecule has 1 aromatic carbocycles. The molecule has 0 bridgehead atoms. The van der Waals surface area contributed by atoms with Gasteiger partial charge in [0.05, 0.1) is 6.42 Å². The van der Waals surface area contributed by atoms with Crippen LogP contribution in [0.5, 0.6) is 0 Å². The number of halogens is 5. The van der Waals surface area contributed by atoms with E-state index in [1.54, 1.807) is 0 Å². The van der Waals surface area contributed by atoms with E-state index in [1.807, 2.05) is 5.10 Å². The molecule has 0 spiro atoms. The number of aromatic amines is 1. The normalized spacial score (nSPS) is 11.5. The summed E-state index contributed by atoms with van der Waals surface area (Å²) in [5.74, 6) is -1.66. The van der Waals surface area contributed by atoms with Gasteiger partial charge in [-0.25, -0.2) is 4.39 Å². The molecule has 0 saturated carbocycles. The predicted molar refractivity (Wildman–Crippen MR) is 72.1 cm³/mol.